The lowest BCUT2D eigenvalue weighted by Gasteiger charge is -2.41. The Kier molecular flexibility index (Phi) is 5.12. The largest absolute Gasteiger partial charge is 0.464 e. The lowest BCUT2D eigenvalue weighted by Crippen LogP contribution is -2.44. The van der Waals surface area contributed by atoms with Crippen molar-refractivity contribution in [2.45, 2.75) is 47.0 Å². The summed E-state index contributed by atoms with van der Waals surface area (Å²) in [4.78, 5) is 39.8. The Bertz CT molecular complexity index is 1210. The second-order valence-corrected chi connectivity index (χ2v) is 9.09. The van der Waals surface area contributed by atoms with Gasteiger partial charge in [0.1, 0.15) is 11.4 Å². The van der Waals surface area contributed by atoms with Crippen LogP contribution in [0.2, 0.25) is 0 Å². The Morgan fingerprint density at radius 2 is 1.97 bits per heavy atom. The fraction of sp³-hybridized carbons (Fsp3) is 0.400. The molecule has 2 aliphatic rings. The molecule has 2 atom stereocenters. The molecule has 0 amide bonds. The van der Waals surface area contributed by atoms with Crippen LogP contribution in [0.1, 0.15) is 51.2 Å². The highest BCUT2D eigenvalue weighted by molar-refractivity contribution is 5.96. The summed E-state index contributed by atoms with van der Waals surface area (Å²) in [6.45, 7) is 9.59. The van der Waals surface area contributed by atoms with Gasteiger partial charge in [0.05, 0.1) is 29.7 Å². The van der Waals surface area contributed by atoms with Gasteiger partial charge in [-0.15, -0.1) is 0 Å². The molecule has 1 aliphatic carbocycles. The molecule has 2 unspecified atom stereocenters. The van der Waals surface area contributed by atoms with Gasteiger partial charge in [-0.1, -0.05) is 31.6 Å². The third kappa shape index (κ3) is 3.60. The summed E-state index contributed by atoms with van der Waals surface area (Å²) >= 11 is 0. The quantitative estimate of drug-likeness (QED) is 0.750. The molecule has 31 heavy (non-hydrogen) atoms. The lowest BCUT2D eigenvalue weighted by molar-refractivity contribution is -0.139. The molecule has 4 rings (SSSR count). The summed E-state index contributed by atoms with van der Waals surface area (Å²) in [5.41, 5.74) is 2.76. The zero-order valence-electron chi connectivity index (χ0n) is 18.5. The molecule has 2 heterocycles. The van der Waals surface area contributed by atoms with Gasteiger partial charge in [0.15, 0.2) is 5.43 Å². The summed E-state index contributed by atoms with van der Waals surface area (Å²) in [6, 6.07) is 5.40. The number of carbonyl (C=O) groups excluding carboxylic acids is 2. The first-order valence-corrected chi connectivity index (χ1v) is 10.6. The summed E-state index contributed by atoms with van der Waals surface area (Å²) in [5.74, 6) is -1.98. The van der Waals surface area contributed by atoms with E-state index in [0.29, 0.717) is 34.2 Å². The number of hydrogen-bond acceptors (Lipinski definition) is 6. The number of benzene rings is 1. The fourth-order valence-corrected chi connectivity index (χ4v) is 4.76. The van der Waals surface area contributed by atoms with Crippen molar-refractivity contribution in [2.75, 3.05) is 6.61 Å². The first kappa shape index (κ1) is 21.1. The van der Waals surface area contributed by atoms with Crippen LogP contribution in [0.25, 0.3) is 11.0 Å². The molecule has 1 aliphatic heterocycles. The predicted octanol–water partition coefficient (Wildman–Crippen LogP) is 4.12. The van der Waals surface area contributed by atoms with Crippen molar-refractivity contribution >= 4 is 22.7 Å². The van der Waals surface area contributed by atoms with Crippen LogP contribution in [0.4, 0.5) is 0 Å². The maximum absolute atomic E-state index is 13.5. The number of Topliss-reactive ketones (excluding diaryl/α,β-unsaturated/α-hetero) is 1. The Morgan fingerprint density at radius 3 is 2.68 bits per heavy atom. The number of carbonyl (C=O) groups is 2. The molecule has 0 saturated carbocycles. The van der Waals surface area contributed by atoms with Gasteiger partial charge in [-0.25, -0.2) is 4.79 Å². The van der Waals surface area contributed by atoms with Crippen molar-refractivity contribution in [2.24, 2.45) is 11.3 Å². The van der Waals surface area contributed by atoms with Gasteiger partial charge < -0.3 is 14.5 Å². The van der Waals surface area contributed by atoms with Crippen LogP contribution in [-0.2, 0) is 14.3 Å². The molecule has 0 bridgehead atoms. The van der Waals surface area contributed by atoms with E-state index in [9.17, 15) is 14.4 Å². The minimum Gasteiger partial charge on any atom is -0.464 e. The van der Waals surface area contributed by atoms with E-state index in [-0.39, 0.29) is 23.2 Å². The summed E-state index contributed by atoms with van der Waals surface area (Å²) < 4.78 is 11.1. The number of fused-ring (bicyclic) bond motifs is 2. The number of allylic oxidation sites excluding steroid dienone is 3. The van der Waals surface area contributed by atoms with Gasteiger partial charge in [-0.05, 0) is 38.3 Å². The van der Waals surface area contributed by atoms with E-state index in [2.05, 4.69) is 5.32 Å². The Labute approximate surface area is 181 Å². The van der Waals surface area contributed by atoms with Crippen LogP contribution >= 0.6 is 0 Å². The Balaban J connectivity index is 1.99. The van der Waals surface area contributed by atoms with Crippen LogP contribution in [0.15, 0.2) is 56.7 Å². The normalized spacial score (nSPS) is 22.6. The van der Waals surface area contributed by atoms with Crippen molar-refractivity contribution in [1.29, 1.82) is 0 Å². The molecule has 0 spiro atoms. The smallest absolute Gasteiger partial charge is 0.336 e. The lowest BCUT2D eigenvalue weighted by atomic mass is 9.66. The van der Waals surface area contributed by atoms with Crippen molar-refractivity contribution in [3.63, 3.8) is 0 Å². The van der Waals surface area contributed by atoms with E-state index in [4.69, 9.17) is 9.15 Å². The average Bonchev–Trinajstić information content (AvgIpc) is 2.67. The van der Waals surface area contributed by atoms with Crippen molar-refractivity contribution in [3.05, 3.63) is 68.9 Å². The molecule has 162 valence electrons. The first-order chi connectivity index (χ1) is 14.6. The van der Waals surface area contributed by atoms with E-state index >= 15 is 0 Å². The van der Waals surface area contributed by atoms with Crippen LogP contribution in [0.3, 0.4) is 0 Å². The molecule has 1 N–H and O–H groups in total. The maximum Gasteiger partial charge on any atom is 0.336 e. The highest BCUT2D eigenvalue weighted by Gasteiger charge is 2.47. The molecule has 6 nitrogen and oxygen atoms in total. The molecule has 6 heteroatoms. The second kappa shape index (κ2) is 7.52. The standard InChI is InChI=1S/C25H27NO5/c1-6-30-24(29)20-14(3)26-17-10-25(4,5)11-18(27)22(17)21(20)16-12-31-19-8-7-13(2)9-15(19)23(16)28/h7-10,12,21-22,26H,6,11H2,1-5H3. The summed E-state index contributed by atoms with van der Waals surface area (Å²) in [6.07, 6.45) is 3.75. The molecular weight excluding hydrogens is 394 g/mol. The first-order valence-electron chi connectivity index (χ1n) is 10.6. The number of ketones is 1. The summed E-state index contributed by atoms with van der Waals surface area (Å²) in [5, 5.41) is 3.68. The van der Waals surface area contributed by atoms with Crippen LogP contribution in [0, 0.1) is 18.3 Å². The molecule has 2 aromatic rings. The second-order valence-electron chi connectivity index (χ2n) is 9.09. The average molecular weight is 421 g/mol. The monoisotopic (exact) mass is 421 g/mol. The van der Waals surface area contributed by atoms with Gasteiger partial charge in [0.25, 0.3) is 0 Å². The van der Waals surface area contributed by atoms with Gasteiger partial charge in [-0.3, -0.25) is 9.59 Å². The predicted molar refractivity (Wildman–Crippen MR) is 117 cm³/mol. The Morgan fingerprint density at radius 1 is 1.23 bits per heavy atom. The van der Waals surface area contributed by atoms with Crippen LogP contribution in [0.5, 0.6) is 0 Å². The minimum absolute atomic E-state index is 0.0157. The molecule has 0 saturated heterocycles. The zero-order valence-corrected chi connectivity index (χ0v) is 18.5. The van der Waals surface area contributed by atoms with E-state index in [1.807, 2.05) is 32.9 Å². The number of esters is 1. The van der Waals surface area contributed by atoms with E-state index in [1.165, 1.54) is 6.26 Å². The molecule has 0 radical (unpaired) electrons. The number of rotatable bonds is 3. The fourth-order valence-electron chi connectivity index (χ4n) is 4.76. The number of hydrogen-bond donors (Lipinski definition) is 1. The number of aryl methyl sites for hydroxylation is 1. The highest BCUT2D eigenvalue weighted by Crippen LogP contribution is 2.46. The molecule has 1 aromatic heterocycles. The number of nitrogens with one attached hydrogen (secondary N) is 1. The third-order valence-electron chi connectivity index (χ3n) is 6.02. The minimum atomic E-state index is -0.767. The van der Waals surface area contributed by atoms with E-state index < -0.39 is 17.8 Å². The highest BCUT2D eigenvalue weighted by atomic mass is 16.5. The van der Waals surface area contributed by atoms with Crippen molar-refractivity contribution < 1.29 is 18.7 Å². The van der Waals surface area contributed by atoms with E-state index in [1.54, 1.807) is 26.0 Å². The Hall–Kier alpha value is -3.15. The molecule has 0 fully saturated rings. The topological polar surface area (TPSA) is 85.6 Å². The molecule has 1 aromatic carbocycles. The van der Waals surface area contributed by atoms with Gasteiger partial charge in [-0.2, -0.15) is 0 Å². The van der Waals surface area contributed by atoms with Crippen LogP contribution in [-0.4, -0.2) is 18.4 Å². The van der Waals surface area contributed by atoms with Crippen LogP contribution < -0.4 is 10.7 Å². The summed E-state index contributed by atoms with van der Waals surface area (Å²) in [7, 11) is 0. The number of ether oxygens (including phenoxy) is 1. The zero-order chi connectivity index (χ0) is 22.5. The van der Waals surface area contributed by atoms with Gasteiger partial charge >= 0.3 is 5.97 Å². The maximum atomic E-state index is 13.5. The van der Waals surface area contributed by atoms with E-state index in [0.717, 1.165) is 11.3 Å². The third-order valence-corrected chi connectivity index (χ3v) is 6.02. The molecular formula is C25H27NO5. The SMILES string of the molecule is CCOC(=O)C1=C(C)NC2=CC(C)(C)CC(=O)C2C1c1coc2ccc(C)cc2c1=O. The van der Waals surface area contributed by atoms with Gasteiger partial charge in [0, 0.05) is 29.3 Å². The van der Waals surface area contributed by atoms with Crippen molar-refractivity contribution in [1.82, 2.24) is 5.32 Å². The van der Waals surface area contributed by atoms with Crippen molar-refractivity contribution in [3.8, 4) is 0 Å². The van der Waals surface area contributed by atoms with Gasteiger partial charge in [0.2, 0.25) is 0 Å².